The molecule has 1 fully saturated rings. The summed E-state index contributed by atoms with van der Waals surface area (Å²) in [6.45, 7) is 0.603. The number of carbonyl (C=O) groups is 3. The van der Waals surface area contributed by atoms with E-state index in [1.54, 1.807) is 12.3 Å². The molecule has 1 aliphatic heterocycles. The molecule has 1 saturated heterocycles. The van der Waals surface area contributed by atoms with Crippen molar-refractivity contribution in [3.8, 4) is 11.1 Å². The van der Waals surface area contributed by atoms with Gasteiger partial charge in [-0.3, -0.25) is 19.4 Å². The standard InChI is InChI=1S/C26H22F3N3O3/c27-22-12-19(13-23(28)25(22)29)26(35)32-10-8-31(9-11-32)24(34)15-21(33)14-20-7-6-18(16-30-20)17-4-2-1-3-5-17/h1-7,12-13,16H,8-11,14-15H2. The summed E-state index contributed by atoms with van der Waals surface area (Å²) in [6.07, 6.45) is 1.43. The van der Waals surface area contributed by atoms with Gasteiger partial charge in [-0.15, -0.1) is 0 Å². The minimum atomic E-state index is -1.64. The van der Waals surface area contributed by atoms with Gasteiger partial charge in [0.2, 0.25) is 5.91 Å². The number of aromatic nitrogens is 1. The van der Waals surface area contributed by atoms with Crippen molar-refractivity contribution in [2.75, 3.05) is 26.2 Å². The number of nitrogens with zero attached hydrogens (tertiary/aromatic N) is 3. The summed E-state index contributed by atoms with van der Waals surface area (Å²) < 4.78 is 40.0. The third kappa shape index (κ3) is 5.74. The lowest BCUT2D eigenvalue weighted by Crippen LogP contribution is -2.51. The van der Waals surface area contributed by atoms with Gasteiger partial charge >= 0.3 is 0 Å². The Kier molecular flexibility index (Phi) is 7.24. The van der Waals surface area contributed by atoms with Crippen LogP contribution in [0.15, 0.2) is 60.8 Å². The molecule has 2 amide bonds. The minimum Gasteiger partial charge on any atom is -0.339 e. The van der Waals surface area contributed by atoms with Crippen LogP contribution in [0.1, 0.15) is 22.5 Å². The Morgan fingerprint density at radius 1 is 0.800 bits per heavy atom. The second-order valence-corrected chi connectivity index (χ2v) is 8.22. The maximum atomic E-state index is 13.4. The van der Waals surface area contributed by atoms with Crippen LogP contribution in [0.4, 0.5) is 13.2 Å². The molecule has 9 heteroatoms. The van der Waals surface area contributed by atoms with Gasteiger partial charge in [-0.05, 0) is 23.8 Å². The van der Waals surface area contributed by atoms with Crippen molar-refractivity contribution in [1.82, 2.24) is 14.8 Å². The van der Waals surface area contributed by atoms with E-state index in [0.717, 1.165) is 11.1 Å². The zero-order valence-electron chi connectivity index (χ0n) is 18.7. The molecule has 2 aromatic carbocycles. The Bertz CT molecular complexity index is 1220. The van der Waals surface area contributed by atoms with Gasteiger partial charge < -0.3 is 9.80 Å². The number of carbonyl (C=O) groups excluding carboxylic acids is 3. The van der Waals surface area contributed by atoms with Gasteiger partial charge in [0.15, 0.2) is 17.5 Å². The molecule has 6 nitrogen and oxygen atoms in total. The van der Waals surface area contributed by atoms with Crippen molar-refractivity contribution in [1.29, 1.82) is 0 Å². The smallest absolute Gasteiger partial charge is 0.254 e. The van der Waals surface area contributed by atoms with E-state index in [9.17, 15) is 27.6 Å². The van der Waals surface area contributed by atoms with Crippen LogP contribution in [0.3, 0.4) is 0 Å². The maximum absolute atomic E-state index is 13.4. The average Bonchev–Trinajstić information content (AvgIpc) is 2.87. The highest BCUT2D eigenvalue weighted by atomic mass is 19.2. The van der Waals surface area contributed by atoms with E-state index in [1.165, 1.54) is 9.80 Å². The summed E-state index contributed by atoms with van der Waals surface area (Å²) in [6, 6.07) is 14.6. The van der Waals surface area contributed by atoms with Crippen LogP contribution in [-0.4, -0.2) is 58.6 Å². The number of hydrogen-bond donors (Lipinski definition) is 0. The van der Waals surface area contributed by atoms with Crippen LogP contribution in [0, 0.1) is 17.5 Å². The fourth-order valence-corrected chi connectivity index (χ4v) is 3.90. The summed E-state index contributed by atoms with van der Waals surface area (Å²) in [7, 11) is 0. The number of Topliss-reactive ketones (excluding diaryl/α,β-unsaturated/α-hetero) is 1. The van der Waals surface area contributed by atoms with E-state index in [4.69, 9.17) is 0 Å². The molecule has 2 heterocycles. The number of piperazine rings is 1. The Morgan fingerprint density at radius 3 is 2.03 bits per heavy atom. The van der Waals surface area contributed by atoms with Gasteiger partial charge in [0, 0.05) is 55.6 Å². The fraction of sp³-hybridized carbons (Fsp3) is 0.231. The Balaban J connectivity index is 1.27. The topological polar surface area (TPSA) is 70.6 Å². The lowest BCUT2D eigenvalue weighted by Gasteiger charge is -2.34. The molecule has 0 unspecified atom stereocenters. The van der Waals surface area contributed by atoms with Crippen LogP contribution in [0.5, 0.6) is 0 Å². The van der Waals surface area contributed by atoms with Crippen molar-refractivity contribution in [3.63, 3.8) is 0 Å². The first-order chi connectivity index (χ1) is 16.8. The van der Waals surface area contributed by atoms with E-state index in [1.807, 2.05) is 36.4 Å². The second-order valence-electron chi connectivity index (χ2n) is 8.22. The quantitative estimate of drug-likeness (QED) is 0.398. The summed E-state index contributed by atoms with van der Waals surface area (Å²) in [5.74, 6) is -5.80. The van der Waals surface area contributed by atoms with E-state index in [-0.39, 0.29) is 56.3 Å². The highest BCUT2D eigenvalue weighted by Gasteiger charge is 2.27. The largest absolute Gasteiger partial charge is 0.339 e. The monoisotopic (exact) mass is 481 g/mol. The van der Waals surface area contributed by atoms with Gasteiger partial charge in [0.1, 0.15) is 5.78 Å². The zero-order valence-corrected chi connectivity index (χ0v) is 18.7. The molecule has 0 saturated carbocycles. The van der Waals surface area contributed by atoms with Gasteiger partial charge in [-0.1, -0.05) is 36.4 Å². The number of hydrogen-bond acceptors (Lipinski definition) is 4. The average molecular weight is 481 g/mol. The third-order valence-electron chi connectivity index (χ3n) is 5.81. The third-order valence-corrected chi connectivity index (χ3v) is 5.81. The predicted molar refractivity (Wildman–Crippen MR) is 122 cm³/mol. The highest BCUT2D eigenvalue weighted by Crippen LogP contribution is 2.19. The van der Waals surface area contributed by atoms with Crippen molar-refractivity contribution in [2.24, 2.45) is 0 Å². The van der Waals surface area contributed by atoms with E-state index in [0.29, 0.717) is 17.8 Å². The van der Waals surface area contributed by atoms with Crippen molar-refractivity contribution < 1.29 is 27.6 Å². The van der Waals surface area contributed by atoms with Gasteiger partial charge in [-0.2, -0.15) is 0 Å². The van der Waals surface area contributed by atoms with Crippen molar-refractivity contribution in [2.45, 2.75) is 12.8 Å². The molecule has 0 atom stereocenters. The van der Waals surface area contributed by atoms with Crippen molar-refractivity contribution in [3.05, 3.63) is 89.5 Å². The SMILES string of the molecule is O=C(CC(=O)N1CCN(C(=O)c2cc(F)c(F)c(F)c2)CC1)Cc1ccc(-c2ccccc2)cn1. The number of halogens is 3. The molecule has 0 bridgehead atoms. The first-order valence-electron chi connectivity index (χ1n) is 11.1. The maximum Gasteiger partial charge on any atom is 0.254 e. The van der Waals surface area contributed by atoms with Gasteiger partial charge in [0.25, 0.3) is 5.91 Å². The molecule has 35 heavy (non-hydrogen) atoms. The Hall–Kier alpha value is -4.01. The van der Waals surface area contributed by atoms with E-state index in [2.05, 4.69) is 4.98 Å². The number of amides is 2. The van der Waals surface area contributed by atoms with Crippen molar-refractivity contribution >= 4 is 17.6 Å². The summed E-state index contributed by atoms with van der Waals surface area (Å²) in [4.78, 5) is 44.6. The summed E-state index contributed by atoms with van der Waals surface area (Å²) >= 11 is 0. The van der Waals surface area contributed by atoms with E-state index < -0.39 is 23.4 Å². The molecule has 1 aromatic heterocycles. The molecule has 4 rings (SSSR count). The first kappa shape index (κ1) is 24.1. The lowest BCUT2D eigenvalue weighted by atomic mass is 10.1. The molecule has 180 valence electrons. The summed E-state index contributed by atoms with van der Waals surface area (Å²) in [5.41, 5.74) is 2.20. The van der Waals surface area contributed by atoms with E-state index >= 15 is 0 Å². The number of benzene rings is 2. The number of pyridine rings is 1. The zero-order chi connectivity index (χ0) is 24.9. The van der Waals surface area contributed by atoms with Crippen LogP contribution in [0.25, 0.3) is 11.1 Å². The summed E-state index contributed by atoms with van der Waals surface area (Å²) in [5, 5.41) is 0. The Morgan fingerprint density at radius 2 is 1.43 bits per heavy atom. The Labute approximate surface area is 200 Å². The molecular formula is C26H22F3N3O3. The molecule has 3 aromatic rings. The first-order valence-corrected chi connectivity index (χ1v) is 11.1. The number of ketones is 1. The van der Waals surface area contributed by atoms with Crippen LogP contribution in [0.2, 0.25) is 0 Å². The molecule has 1 aliphatic rings. The predicted octanol–water partition coefficient (Wildman–Crippen LogP) is 3.65. The molecule has 0 radical (unpaired) electrons. The molecule has 0 spiro atoms. The normalized spacial score (nSPS) is 13.6. The highest BCUT2D eigenvalue weighted by molar-refractivity contribution is 5.99. The minimum absolute atomic E-state index is 0.0287. The number of rotatable bonds is 6. The second kappa shape index (κ2) is 10.5. The van der Waals surface area contributed by atoms with Crippen LogP contribution < -0.4 is 0 Å². The fourth-order valence-electron chi connectivity index (χ4n) is 3.90. The molecule has 0 aliphatic carbocycles. The molecular weight excluding hydrogens is 459 g/mol. The van der Waals surface area contributed by atoms with Gasteiger partial charge in [-0.25, -0.2) is 13.2 Å². The van der Waals surface area contributed by atoms with Crippen LogP contribution >= 0.6 is 0 Å². The lowest BCUT2D eigenvalue weighted by molar-refractivity contribution is -0.136. The molecule has 0 N–H and O–H groups in total. The van der Waals surface area contributed by atoms with Crippen LogP contribution in [-0.2, 0) is 16.0 Å². The van der Waals surface area contributed by atoms with Gasteiger partial charge in [0.05, 0.1) is 6.42 Å².